The van der Waals surface area contributed by atoms with E-state index in [0.717, 1.165) is 22.3 Å². The van der Waals surface area contributed by atoms with Gasteiger partial charge in [-0.2, -0.15) is 0 Å². The van der Waals surface area contributed by atoms with Gasteiger partial charge < -0.3 is 5.11 Å². The quantitative estimate of drug-likeness (QED) is 0.468. The highest BCUT2D eigenvalue weighted by Gasteiger charge is 2.07. The highest BCUT2D eigenvalue weighted by Crippen LogP contribution is 2.32. The van der Waals surface area contributed by atoms with Gasteiger partial charge in [0.15, 0.2) is 0 Å². The van der Waals surface area contributed by atoms with Crippen LogP contribution in [0.1, 0.15) is 21.5 Å². The lowest BCUT2D eigenvalue weighted by Crippen LogP contribution is -1.94. The van der Waals surface area contributed by atoms with Crippen LogP contribution in [0.5, 0.6) is 0 Å². The minimum Gasteiger partial charge on any atom is -0.478 e. The lowest BCUT2D eigenvalue weighted by molar-refractivity contribution is 0.0697. The van der Waals surface area contributed by atoms with Gasteiger partial charge in [-0.05, 0) is 58.7 Å². The van der Waals surface area contributed by atoms with Crippen LogP contribution in [0.4, 0.5) is 0 Å². The Morgan fingerprint density at radius 3 is 2.19 bits per heavy atom. The number of halogens is 3. The summed E-state index contributed by atoms with van der Waals surface area (Å²) in [6, 6.07) is 17.7. The van der Waals surface area contributed by atoms with E-state index in [4.69, 9.17) is 39.9 Å². The van der Waals surface area contributed by atoms with Crippen LogP contribution < -0.4 is 0 Å². The molecule has 26 heavy (non-hydrogen) atoms. The van der Waals surface area contributed by atoms with Crippen molar-refractivity contribution in [1.29, 1.82) is 0 Å². The molecule has 130 valence electrons. The van der Waals surface area contributed by atoms with Crippen LogP contribution in [0.25, 0.3) is 23.3 Å². The van der Waals surface area contributed by atoms with Gasteiger partial charge in [0.05, 0.1) is 15.6 Å². The summed E-state index contributed by atoms with van der Waals surface area (Å²) in [4.78, 5) is 10.9. The molecule has 3 aromatic carbocycles. The van der Waals surface area contributed by atoms with E-state index in [1.165, 1.54) is 0 Å². The third kappa shape index (κ3) is 4.28. The number of carbonyl (C=O) groups is 1. The summed E-state index contributed by atoms with van der Waals surface area (Å²) in [6.07, 6.45) is 3.83. The standard InChI is InChI=1S/C21H13Cl3O2/c22-17-8-9-18(16-7-10-19(23)20(24)12-16)15(11-17)6-3-13-1-4-14(5-2-13)21(25)26/h1-12H,(H,25,26)/b6-3+. The zero-order valence-electron chi connectivity index (χ0n) is 13.4. The summed E-state index contributed by atoms with van der Waals surface area (Å²) < 4.78 is 0. The SMILES string of the molecule is O=C(O)c1ccc(/C=C/c2cc(Cl)ccc2-c2ccc(Cl)c(Cl)c2)cc1. The van der Waals surface area contributed by atoms with E-state index in [2.05, 4.69) is 0 Å². The third-order valence-corrected chi connectivity index (χ3v) is 4.83. The van der Waals surface area contributed by atoms with Gasteiger partial charge in [-0.25, -0.2) is 4.79 Å². The number of aromatic carboxylic acids is 1. The van der Waals surface area contributed by atoms with Crippen molar-refractivity contribution in [1.82, 2.24) is 0 Å². The van der Waals surface area contributed by atoms with E-state index in [9.17, 15) is 4.79 Å². The van der Waals surface area contributed by atoms with Crippen molar-refractivity contribution >= 4 is 52.9 Å². The molecule has 0 bridgehead atoms. The molecular weight excluding hydrogens is 391 g/mol. The van der Waals surface area contributed by atoms with Gasteiger partial charge in [0.1, 0.15) is 0 Å². The number of carboxylic acid groups (broad SMARTS) is 1. The first-order chi connectivity index (χ1) is 12.4. The second kappa shape index (κ2) is 7.96. The summed E-state index contributed by atoms with van der Waals surface area (Å²) in [7, 11) is 0. The van der Waals surface area contributed by atoms with Crippen molar-refractivity contribution in [3.8, 4) is 11.1 Å². The molecule has 2 nitrogen and oxygen atoms in total. The van der Waals surface area contributed by atoms with E-state index in [0.29, 0.717) is 15.1 Å². The van der Waals surface area contributed by atoms with Crippen LogP contribution in [0.3, 0.4) is 0 Å². The topological polar surface area (TPSA) is 37.3 Å². The van der Waals surface area contributed by atoms with Crippen LogP contribution in [0.2, 0.25) is 15.1 Å². The fraction of sp³-hybridized carbons (Fsp3) is 0. The van der Waals surface area contributed by atoms with Crippen LogP contribution >= 0.6 is 34.8 Å². The van der Waals surface area contributed by atoms with E-state index < -0.39 is 5.97 Å². The summed E-state index contributed by atoms with van der Waals surface area (Å²) in [6.45, 7) is 0. The molecular formula is C21H13Cl3O2. The molecule has 0 aliphatic rings. The second-order valence-corrected chi connectivity index (χ2v) is 6.87. The summed E-state index contributed by atoms with van der Waals surface area (Å²) in [5, 5.41) is 10.6. The average Bonchev–Trinajstić information content (AvgIpc) is 2.63. The number of rotatable bonds is 4. The van der Waals surface area contributed by atoms with E-state index in [1.54, 1.807) is 30.3 Å². The van der Waals surface area contributed by atoms with Crippen molar-refractivity contribution in [2.75, 3.05) is 0 Å². The number of carboxylic acids is 1. The van der Waals surface area contributed by atoms with Crippen LogP contribution in [-0.4, -0.2) is 11.1 Å². The molecule has 0 atom stereocenters. The van der Waals surface area contributed by atoms with E-state index in [1.807, 2.05) is 42.5 Å². The Bertz CT molecular complexity index is 993. The molecule has 0 heterocycles. The number of hydrogen-bond donors (Lipinski definition) is 1. The zero-order chi connectivity index (χ0) is 18.7. The molecule has 5 heteroatoms. The molecule has 0 aromatic heterocycles. The average molecular weight is 404 g/mol. The minimum absolute atomic E-state index is 0.251. The molecule has 0 aliphatic carbocycles. The van der Waals surface area contributed by atoms with Gasteiger partial charge in [-0.1, -0.05) is 71.2 Å². The van der Waals surface area contributed by atoms with Gasteiger partial charge in [0.25, 0.3) is 0 Å². The Labute approximate surface area is 166 Å². The molecule has 0 radical (unpaired) electrons. The predicted octanol–water partition coefficient (Wildman–Crippen LogP) is 7.18. The van der Waals surface area contributed by atoms with Gasteiger partial charge in [0.2, 0.25) is 0 Å². The first-order valence-electron chi connectivity index (χ1n) is 7.70. The lowest BCUT2D eigenvalue weighted by Gasteiger charge is -2.09. The van der Waals surface area contributed by atoms with E-state index >= 15 is 0 Å². The largest absolute Gasteiger partial charge is 0.478 e. The van der Waals surface area contributed by atoms with Gasteiger partial charge in [0, 0.05) is 5.02 Å². The maximum atomic E-state index is 10.9. The molecule has 0 fully saturated rings. The van der Waals surface area contributed by atoms with E-state index in [-0.39, 0.29) is 5.56 Å². The van der Waals surface area contributed by atoms with Crippen LogP contribution in [-0.2, 0) is 0 Å². The lowest BCUT2D eigenvalue weighted by atomic mass is 9.98. The predicted molar refractivity (Wildman–Crippen MR) is 109 cm³/mol. The third-order valence-electron chi connectivity index (χ3n) is 3.86. The smallest absolute Gasteiger partial charge is 0.335 e. The first kappa shape index (κ1) is 18.5. The molecule has 0 spiro atoms. The Morgan fingerprint density at radius 1 is 0.808 bits per heavy atom. The minimum atomic E-state index is -0.947. The summed E-state index contributed by atoms with van der Waals surface area (Å²) in [5.41, 5.74) is 3.94. The fourth-order valence-electron chi connectivity index (χ4n) is 2.52. The van der Waals surface area contributed by atoms with Crippen molar-refractivity contribution in [2.45, 2.75) is 0 Å². The highest BCUT2D eigenvalue weighted by molar-refractivity contribution is 6.42. The van der Waals surface area contributed by atoms with Crippen LogP contribution in [0.15, 0.2) is 60.7 Å². The normalized spacial score (nSPS) is 11.0. The summed E-state index contributed by atoms with van der Waals surface area (Å²) >= 11 is 18.3. The Morgan fingerprint density at radius 2 is 1.54 bits per heavy atom. The number of benzene rings is 3. The van der Waals surface area contributed by atoms with Gasteiger partial charge in [-0.15, -0.1) is 0 Å². The molecule has 0 amide bonds. The maximum absolute atomic E-state index is 10.9. The first-order valence-corrected chi connectivity index (χ1v) is 8.84. The molecule has 0 saturated carbocycles. The molecule has 1 N–H and O–H groups in total. The molecule has 0 aliphatic heterocycles. The Kier molecular flexibility index (Phi) is 5.67. The van der Waals surface area contributed by atoms with Crippen molar-refractivity contribution in [3.05, 3.63) is 92.4 Å². The molecule has 3 rings (SSSR count). The molecule has 0 unspecified atom stereocenters. The maximum Gasteiger partial charge on any atom is 0.335 e. The Balaban J connectivity index is 1.97. The van der Waals surface area contributed by atoms with Crippen LogP contribution in [0, 0.1) is 0 Å². The van der Waals surface area contributed by atoms with Crippen molar-refractivity contribution in [3.63, 3.8) is 0 Å². The fourth-order valence-corrected chi connectivity index (χ4v) is 3.00. The van der Waals surface area contributed by atoms with Gasteiger partial charge >= 0.3 is 5.97 Å². The molecule has 0 saturated heterocycles. The highest BCUT2D eigenvalue weighted by atomic mass is 35.5. The Hall–Kier alpha value is -2.26. The second-order valence-electron chi connectivity index (χ2n) is 5.62. The zero-order valence-corrected chi connectivity index (χ0v) is 15.7. The summed E-state index contributed by atoms with van der Waals surface area (Å²) in [5.74, 6) is -0.947. The molecule has 3 aromatic rings. The van der Waals surface area contributed by atoms with Crippen molar-refractivity contribution in [2.24, 2.45) is 0 Å². The van der Waals surface area contributed by atoms with Gasteiger partial charge in [-0.3, -0.25) is 0 Å². The monoisotopic (exact) mass is 402 g/mol. The van der Waals surface area contributed by atoms with Crippen molar-refractivity contribution < 1.29 is 9.90 Å². The number of hydrogen-bond acceptors (Lipinski definition) is 1.